The summed E-state index contributed by atoms with van der Waals surface area (Å²) in [6, 6.07) is 16.9. The summed E-state index contributed by atoms with van der Waals surface area (Å²) >= 11 is 0. The van der Waals surface area contributed by atoms with Crippen LogP contribution in [0.15, 0.2) is 59.4 Å². The van der Waals surface area contributed by atoms with Gasteiger partial charge in [-0.3, -0.25) is 14.4 Å². The van der Waals surface area contributed by atoms with Crippen LogP contribution < -0.4 is 16.3 Å². The van der Waals surface area contributed by atoms with Gasteiger partial charge in [0.15, 0.2) is 0 Å². The van der Waals surface area contributed by atoms with Gasteiger partial charge in [0.1, 0.15) is 0 Å². The first-order valence-corrected chi connectivity index (χ1v) is 12.1. The summed E-state index contributed by atoms with van der Waals surface area (Å²) in [5.74, 6) is -0.203. The Morgan fingerprint density at radius 3 is 2.35 bits per heavy atom. The van der Waals surface area contributed by atoms with Crippen molar-refractivity contribution in [1.29, 1.82) is 0 Å². The number of hydrogen-bond acceptors (Lipinski definition) is 4. The molecule has 34 heavy (non-hydrogen) atoms. The van der Waals surface area contributed by atoms with Crippen LogP contribution in [0.5, 0.6) is 0 Å². The topological polar surface area (TPSA) is 83.4 Å². The standard InChI is InChI=1S/C27H32N4O3/c1-3-16-28-31-23(18-30-17-10-15-24(30)32)25(20-13-8-9-14-21(20)27(31)34)26(33)29-22(4-2)19-11-6-5-7-12-19/h5-9,11-14,22,28H,3-4,10,15-18H2,1-2H3,(H,29,33)/t22-/m0/s1. The zero-order valence-electron chi connectivity index (χ0n) is 19.8. The largest absolute Gasteiger partial charge is 0.345 e. The van der Waals surface area contributed by atoms with Crippen molar-refractivity contribution in [3.8, 4) is 0 Å². The van der Waals surface area contributed by atoms with E-state index in [2.05, 4.69) is 10.7 Å². The number of pyridine rings is 1. The number of carbonyl (C=O) groups excluding carboxylic acids is 2. The van der Waals surface area contributed by atoms with Crippen molar-refractivity contribution in [3.05, 3.63) is 81.8 Å². The van der Waals surface area contributed by atoms with Crippen molar-refractivity contribution in [3.63, 3.8) is 0 Å². The Bertz CT molecular complexity index is 1240. The average molecular weight is 461 g/mol. The molecule has 0 aliphatic carbocycles. The van der Waals surface area contributed by atoms with Crippen molar-refractivity contribution in [2.45, 2.75) is 52.1 Å². The fourth-order valence-corrected chi connectivity index (χ4v) is 4.58. The smallest absolute Gasteiger partial charge is 0.277 e. The molecule has 1 saturated heterocycles. The monoisotopic (exact) mass is 460 g/mol. The minimum absolute atomic E-state index is 0.0460. The fraction of sp³-hybridized carbons (Fsp3) is 0.370. The number of carbonyl (C=O) groups is 2. The molecule has 1 aromatic heterocycles. The third-order valence-electron chi connectivity index (χ3n) is 6.36. The van der Waals surface area contributed by atoms with Gasteiger partial charge < -0.3 is 15.6 Å². The summed E-state index contributed by atoms with van der Waals surface area (Å²) in [6.07, 6.45) is 2.82. The molecule has 2 amide bonds. The van der Waals surface area contributed by atoms with E-state index in [9.17, 15) is 14.4 Å². The molecule has 0 unspecified atom stereocenters. The first kappa shape index (κ1) is 23.5. The van der Waals surface area contributed by atoms with E-state index in [-0.39, 0.29) is 30.0 Å². The molecule has 7 heteroatoms. The SMILES string of the molecule is CCCNn1c(CN2CCCC2=O)c(C(=O)N[C@@H](CC)c2ccccc2)c2ccccc2c1=O. The van der Waals surface area contributed by atoms with Crippen LogP contribution in [0.3, 0.4) is 0 Å². The molecule has 2 aromatic carbocycles. The lowest BCUT2D eigenvalue weighted by Crippen LogP contribution is -2.39. The third-order valence-corrected chi connectivity index (χ3v) is 6.36. The first-order valence-electron chi connectivity index (χ1n) is 12.1. The maximum atomic E-state index is 13.9. The number of hydrogen-bond donors (Lipinski definition) is 2. The van der Waals surface area contributed by atoms with E-state index in [1.165, 1.54) is 4.68 Å². The quantitative estimate of drug-likeness (QED) is 0.506. The van der Waals surface area contributed by atoms with Crippen LogP contribution in [-0.4, -0.2) is 34.5 Å². The lowest BCUT2D eigenvalue weighted by Gasteiger charge is -2.25. The lowest BCUT2D eigenvalue weighted by molar-refractivity contribution is -0.128. The minimum atomic E-state index is -0.249. The van der Waals surface area contributed by atoms with Crippen molar-refractivity contribution >= 4 is 22.6 Å². The van der Waals surface area contributed by atoms with Crippen LogP contribution >= 0.6 is 0 Å². The Labute approximate surface area is 199 Å². The van der Waals surface area contributed by atoms with Crippen LogP contribution in [0.1, 0.15) is 67.2 Å². The summed E-state index contributed by atoms with van der Waals surface area (Å²) in [7, 11) is 0. The summed E-state index contributed by atoms with van der Waals surface area (Å²) < 4.78 is 1.48. The van der Waals surface area contributed by atoms with Crippen LogP contribution in [-0.2, 0) is 11.3 Å². The second-order valence-corrected chi connectivity index (χ2v) is 8.68. The third kappa shape index (κ3) is 4.69. The molecular weight excluding hydrogens is 428 g/mol. The van der Waals surface area contributed by atoms with Crippen molar-refractivity contribution in [1.82, 2.24) is 14.9 Å². The lowest BCUT2D eigenvalue weighted by atomic mass is 10.00. The molecule has 2 N–H and O–H groups in total. The van der Waals surface area contributed by atoms with Gasteiger partial charge in [-0.25, -0.2) is 4.68 Å². The molecule has 7 nitrogen and oxygen atoms in total. The van der Waals surface area contributed by atoms with Gasteiger partial charge in [0.25, 0.3) is 11.5 Å². The fourth-order valence-electron chi connectivity index (χ4n) is 4.58. The Hall–Kier alpha value is -3.61. The number of amides is 2. The van der Waals surface area contributed by atoms with Gasteiger partial charge in [0.2, 0.25) is 5.91 Å². The molecule has 1 aliphatic rings. The van der Waals surface area contributed by atoms with Gasteiger partial charge in [-0.2, -0.15) is 0 Å². The molecule has 3 aromatic rings. The Kier molecular flexibility index (Phi) is 7.30. The van der Waals surface area contributed by atoms with E-state index in [0.717, 1.165) is 24.8 Å². The number of likely N-dealkylation sites (tertiary alicyclic amines) is 1. The molecule has 0 spiro atoms. The Morgan fingerprint density at radius 1 is 1.00 bits per heavy atom. The zero-order chi connectivity index (χ0) is 24.1. The van der Waals surface area contributed by atoms with Gasteiger partial charge in [-0.05, 0) is 30.9 Å². The maximum absolute atomic E-state index is 13.9. The first-order chi connectivity index (χ1) is 16.5. The number of aromatic nitrogens is 1. The van der Waals surface area contributed by atoms with Crippen LogP contribution in [0.2, 0.25) is 0 Å². The van der Waals surface area contributed by atoms with Crippen molar-refractivity contribution < 1.29 is 9.59 Å². The summed E-state index contributed by atoms with van der Waals surface area (Å²) in [5.41, 5.74) is 4.97. The highest BCUT2D eigenvalue weighted by atomic mass is 16.2. The van der Waals surface area contributed by atoms with Gasteiger partial charge in [0.05, 0.1) is 23.8 Å². The van der Waals surface area contributed by atoms with Gasteiger partial charge in [0, 0.05) is 30.3 Å². The number of nitrogens with zero attached hydrogens (tertiary/aromatic N) is 2. The summed E-state index contributed by atoms with van der Waals surface area (Å²) in [6.45, 7) is 5.45. The van der Waals surface area contributed by atoms with Gasteiger partial charge in [-0.15, -0.1) is 0 Å². The van der Waals surface area contributed by atoms with Gasteiger partial charge in [-0.1, -0.05) is 62.4 Å². The van der Waals surface area contributed by atoms with E-state index in [4.69, 9.17) is 0 Å². The van der Waals surface area contributed by atoms with Gasteiger partial charge >= 0.3 is 0 Å². The molecule has 0 radical (unpaired) electrons. The van der Waals surface area contributed by atoms with E-state index in [1.54, 1.807) is 17.0 Å². The van der Waals surface area contributed by atoms with Crippen LogP contribution in [0.4, 0.5) is 0 Å². The predicted molar refractivity (Wildman–Crippen MR) is 134 cm³/mol. The van der Waals surface area contributed by atoms with E-state index in [0.29, 0.717) is 41.5 Å². The molecule has 0 saturated carbocycles. The number of benzene rings is 2. The number of rotatable bonds is 9. The molecule has 1 atom stereocenters. The highest BCUT2D eigenvalue weighted by molar-refractivity contribution is 6.08. The highest BCUT2D eigenvalue weighted by Crippen LogP contribution is 2.25. The number of fused-ring (bicyclic) bond motifs is 1. The van der Waals surface area contributed by atoms with Crippen LogP contribution in [0, 0.1) is 0 Å². The Balaban J connectivity index is 1.86. The molecule has 178 valence electrons. The summed E-state index contributed by atoms with van der Waals surface area (Å²) in [4.78, 5) is 41.5. The highest BCUT2D eigenvalue weighted by Gasteiger charge is 2.28. The molecular formula is C27H32N4O3. The second kappa shape index (κ2) is 10.5. The summed E-state index contributed by atoms with van der Waals surface area (Å²) in [5, 5.41) is 4.26. The van der Waals surface area contributed by atoms with E-state index < -0.39 is 0 Å². The molecule has 4 rings (SSSR count). The second-order valence-electron chi connectivity index (χ2n) is 8.68. The zero-order valence-corrected chi connectivity index (χ0v) is 19.8. The van der Waals surface area contributed by atoms with E-state index in [1.807, 2.05) is 56.3 Å². The normalized spacial score (nSPS) is 14.4. The molecule has 0 bridgehead atoms. The van der Waals surface area contributed by atoms with E-state index >= 15 is 0 Å². The maximum Gasteiger partial charge on any atom is 0.277 e. The minimum Gasteiger partial charge on any atom is -0.345 e. The van der Waals surface area contributed by atoms with Crippen molar-refractivity contribution in [2.75, 3.05) is 18.5 Å². The Morgan fingerprint density at radius 2 is 1.71 bits per heavy atom. The van der Waals surface area contributed by atoms with Crippen LogP contribution in [0.25, 0.3) is 10.8 Å². The molecule has 2 heterocycles. The molecule has 1 aliphatic heterocycles. The van der Waals surface area contributed by atoms with Crippen molar-refractivity contribution in [2.24, 2.45) is 0 Å². The molecule has 1 fully saturated rings. The average Bonchev–Trinajstić information content (AvgIpc) is 3.27. The predicted octanol–water partition coefficient (Wildman–Crippen LogP) is 3.96. The number of nitrogens with one attached hydrogen (secondary N) is 2.